The van der Waals surface area contributed by atoms with Crippen molar-refractivity contribution < 1.29 is 13.9 Å². The Bertz CT molecular complexity index is 701. The zero-order chi connectivity index (χ0) is 16.9. The average molecular weight is 349 g/mol. The Hall–Kier alpha value is -1.85. The average Bonchev–Trinajstić information content (AvgIpc) is 3.06. The van der Waals surface area contributed by atoms with Crippen LogP contribution in [0, 0.1) is 0 Å². The van der Waals surface area contributed by atoms with Crippen LogP contribution in [0.25, 0.3) is 0 Å². The summed E-state index contributed by atoms with van der Waals surface area (Å²) in [5.74, 6) is 1.33. The van der Waals surface area contributed by atoms with Gasteiger partial charge in [-0.1, -0.05) is 29.8 Å². The maximum Gasteiger partial charge on any atom is 0.249 e. The SMILES string of the molecule is COCC(=O)N1CCCC[C@H]1c1ncc(Cc2ccccc2Cl)o1. The molecule has 6 heteroatoms. The van der Waals surface area contributed by atoms with Gasteiger partial charge in [0.2, 0.25) is 11.8 Å². The van der Waals surface area contributed by atoms with Gasteiger partial charge in [0.25, 0.3) is 0 Å². The van der Waals surface area contributed by atoms with Crippen molar-refractivity contribution in [2.75, 3.05) is 20.3 Å². The molecular formula is C18H21ClN2O3. The van der Waals surface area contributed by atoms with E-state index in [0.29, 0.717) is 17.3 Å². The summed E-state index contributed by atoms with van der Waals surface area (Å²) in [7, 11) is 1.53. The lowest BCUT2D eigenvalue weighted by Gasteiger charge is -2.33. The van der Waals surface area contributed by atoms with E-state index in [4.69, 9.17) is 20.8 Å². The van der Waals surface area contributed by atoms with Gasteiger partial charge in [-0.3, -0.25) is 4.79 Å². The highest BCUT2D eigenvalue weighted by molar-refractivity contribution is 6.31. The van der Waals surface area contributed by atoms with Crippen molar-refractivity contribution in [2.24, 2.45) is 0 Å². The second-order valence-electron chi connectivity index (χ2n) is 5.96. The van der Waals surface area contributed by atoms with Crippen molar-refractivity contribution in [1.82, 2.24) is 9.88 Å². The molecule has 1 atom stereocenters. The van der Waals surface area contributed by atoms with Crippen LogP contribution in [0.2, 0.25) is 5.02 Å². The third-order valence-electron chi connectivity index (χ3n) is 4.27. The van der Waals surface area contributed by atoms with Crippen LogP contribution in [0.1, 0.15) is 42.5 Å². The number of aromatic nitrogens is 1. The van der Waals surface area contributed by atoms with E-state index in [2.05, 4.69) is 4.98 Å². The summed E-state index contributed by atoms with van der Waals surface area (Å²) in [6.07, 6.45) is 5.24. The van der Waals surface area contributed by atoms with Gasteiger partial charge < -0.3 is 14.1 Å². The van der Waals surface area contributed by atoms with Crippen molar-refractivity contribution in [3.63, 3.8) is 0 Å². The molecule has 3 rings (SSSR count). The van der Waals surface area contributed by atoms with E-state index in [1.165, 1.54) is 7.11 Å². The van der Waals surface area contributed by atoms with Crippen molar-refractivity contribution in [1.29, 1.82) is 0 Å². The largest absolute Gasteiger partial charge is 0.443 e. The molecule has 1 aliphatic rings. The molecule has 1 aliphatic heterocycles. The quantitative estimate of drug-likeness (QED) is 0.828. The summed E-state index contributed by atoms with van der Waals surface area (Å²) in [5, 5.41) is 0.713. The molecule has 0 saturated carbocycles. The van der Waals surface area contributed by atoms with Crippen LogP contribution in [0.5, 0.6) is 0 Å². The zero-order valence-electron chi connectivity index (χ0n) is 13.7. The molecular weight excluding hydrogens is 328 g/mol. The number of oxazole rings is 1. The number of rotatable bonds is 5. The Morgan fingerprint density at radius 2 is 2.25 bits per heavy atom. The number of benzene rings is 1. The molecule has 0 radical (unpaired) electrons. The van der Waals surface area contributed by atoms with Crippen LogP contribution in [0.3, 0.4) is 0 Å². The first-order chi connectivity index (χ1) is 11.7. The predicted octanol–water partition coefficient (Wildman–Crippen LogP) is 3.62. The number of amides is 1. The zero-order valence-corrected chi connectivity index (χ0v) is 14.5. The Balaban J connectivity index is 1.76. The fourth-order valence-corrected chi connectivity index (χ4v) is 3.28. The lowest BCUT2D eigenvalue weighted by atomic mass is 10.0. The summed E-state index contributed by atoms with van der Waals surface area (Å²) < 4.78 is 10.9. The van der Waals surface area contributed by atoms with Crippen molar-refractivity contribution in [3.8, 4) is 0 Å². The summed E-state index contributed by atoms with van der Waals surface area (Å²) in [6.45, 7) is 0.804. The van der Waals surface area contributed by atoms with Gasteiger partial charge in [0.15, 0.2) is 0 Å². The Kier molecular flexibility index (Phi) is 5.53. The fraction of sp³-hybridized carbons (Fsp3) is 0.444. The third-order valence-corrected chi connectivity index (χ3v) is 4.64. The van der Waals surface area contributed by atoms with Gasteiger partial charge in [-0.05, 0) is 30.9 Å². The molecule has 0 unspecified atom stereocenters. The highest BCUT2D eigenvalue weighted by atomic mass is 35.5. The number of carbonyl (C=O) groups excluding carboxylic acids is 1. The second-order valence-corrected chi connectivity index (χ2v) is 6.37. The van der Waals surface area contributed by atoms with Crippen LogP contribution in [-0.4, -0.2) is 36.1 Å². The maximum absolute atomic E-state index is 12.2. The lowest BCUT2D eigenvalue weighted by Crippen LogP contribution is -2.40. The molecule has 1 aromatic carbocycles. The van der Waals surface area contributed by atoms with Crippen molar-refractivity contribution in [2.45, 2.75) is 31.7 Å². The van der Waals surface area contributed by atoms with E-state index in [0.717, 1.165) is 37.1 Å². The smallest absolute Gasteiger partial charge is 0.249 e. The van der Waals surface area contributed by atoms with Crippen LogP contribution in [0.4, 0.5) is 0 Å². The normalized spacial score (nSPS) is 17.9. The minimum absolute atomic E-state index is 0.0203. The topological polar surface area (TPSA) is 55.6 Å². The molecule has 5 nitrogen and oxygen atoms in total. The number of nitrogens with zero attached hydrogens (tertiary/aromatic N) is 2. The minimum Gasteiger partial charge on any atom is -0.443 e. The standard InChI is InChI=1S/C18H21ClN2O3/c1-23-12-17(22)21-9-5-4-8-16(21)18-20-11-14(24-18)10-13-6-2-3-7-15(13)19/h2-3,6-7,11,16H,4-5,8-10,12H2,1H3/t16-/m0/s1. The molecule has 2 aromatic rings. The van der Waals surface area contributed by atoms with Gasteiger partial charge in [-0.15, -0.1) is 0 Å². The van der Waals surface area contributed by atoms with Gasteiger partial charge in [-0.25, -0.2) is 4.98 Å². The summed E-state index contributed by atoms with van der Waals surface area (Å²) in [5.41, 5.74) is 0.998. The van der Waals surface area contributed by atoms with E-state index in [9.17, 15) is 4.79 Å². The molecule has 0 bridgehead atoms. The van der Waals surface area contributed by atoms with E-state index in [-0.39, 0.29) is 18.6 Å². The molecule has 1 amide bonds. The monoisotopic (exact) mass is 348 g/mol. The fourth-order valence-electron chi connectivity index (χ4n) is 3.08. The number of carbonyl (C=O) groups is 1. The van der Waals surface area contributed by atoms with Crippen LogP contribution in [0.15, 0.2) is 34.9 Å². The third kappa shape index (κ3) is 3.79. The number of likely N-dealkylation sites (tertiary alicyclic amines) is 1. The number of halogens is 1. The van der Waals surface area contributed by atoms with Gasteiger partial charge in [0, 0.05) is 25.1 Å². The number of ether oxygens (including phenoxy) is 1. The first kappa shape index (κ1) is 17.0. The van der Waals surface area contributed by atoms with E-state index in [1.807, 2.05) is 29.2 Å². The summed E-state index contributed by atoms with van der Waals surface area (Å²) in [4.78, 5) is 18.5. The van der Waals surface area contributed by atoms with E-state index >= 15 is 0 Å². The number of piperidine rings is 1. The number of hydrogen-bond acceptors (Lipinski definition) is 4. The highest BCUT2D eigenvalue weighted by Crippen LogP contribution is 2.31. The van der Waals surface area contributed by atoms with E-state index in [1.54, 1.807) is 6.20 Å². The van der Waals surface area contributed by atoms with Gasteiger partial charge >= 0.3 is 0 Å². The maximum atomic E-state index is 12.2. The molecule has 0 N–H and O–H groups in total. The molecule has 1 aromatic heterocycles. The van der Waals surface area contributed by atoms with Gasteiger partial charge in [0.05, 0.1) is 6.20 Å². The van der Waals surface area contributed by atoms with Crippen LogP contribution >= 0.6 is 11.6 Å². The second kappa shape index (κ2) is 7.81. The molecule has 0 aliphatic carbocycles. The van der Waals surface area contributed by atoms with Crippen LogP contribution in [-0.2, 0) is 16.0 Å². The lowest BCUT2D eigenvalue weighted by molar-refractivity contribution is -0.139. The number of hydrogen-bond donors (Lipinski definition) is 0. The minimum atomic E-state index is -0.110. The highest BCUT2D eigenvalue weighted by Gasteiger charge is 2.31. The Labute approximate surface area is 146 Å². The first-order valence-electron chi connectivity index (χ1n) is 8.15. The molecule has 1 saturated heterocycles. The molecule has 0 spiro atoms. The van der Waals surface area contributed by atoms with Crippen molar-refractivity contribution in [3.05, 3.63) is 52.7 Å². The first-order valence-corrected chi connectivity index (χ1v) is 8.53. The van der Waals surface area contributed by atoms with Crippen LogP contribution < -0.4 is 0 Å². The Morgan fingerprint density at radius 1 is 1.42 bits per heavy atom. The summed E-state index contributed by atoms with van der Waals surface area (Å²) >= 11 is 6.20. The molecule has 128 valence electrons. The predicted molar refractivity (Wildman–Crippen MR) is 90.9 cm³/mol. The summed E-state index contributed by atoms with van der Waals surface area (Å²) in [6, 6.07) is 7.57. The molecule has 2 heterocycles. The Morgan fingerprint density at radius 3 is 3.04 bits per heavy atom. The van der Waals surface area contributed by atoms with Crippen molar-refractivity contribution >= 4 is 17.5 Å². The molecule has 24 heavy (non-hydrogen) atoms. The number of methoxy groups -OCH3 is 1. The van der Waals surface area contributed by atoms with Gasteiger partial charge in [-0.2, -0.15) is 0 Å². The van der Waals surface area contributed by atoms with E-state index < -0.39 is 0 Å². The molecule has 1 fully saturated rings. The van der Waals surface area contributed by atoms with Gasteiger partial charge in [0.1, 0.15) is 18.4 Å².